The number of hydrogen-bond acceptors (Lipinski definition) is 3. The van der Waals surface area contributed by atoms with E-state index >= 15 is 0 Å². The molecule has 0 atom stereocenters. The molecule has 1 aliphatic carbocycles. The monoisotopic (exact) mass is 286 g/mol. The minimum absolute atomic E-state index is 0.242. The molecular formula is C16H15FN2O2. The van der Waals surface area contributed by atoms with E-state index in [0.717, 1.165) is 11.6 Å². The normalized spacial score (nSPS) is 14.0. The second-order valence-electron chi connectivity index (χ2n) is 5.29. The minimum Gasteiger partial charge on any atom is -0.379 e. The van der Waals surface area contributed by atoms with E-state index in [2.05, 4.69) is 17.4 Å². The molecule has 0 spiro atoms. The molecule has 0 aliphatic heterocycles. The number of halogens is 1. The molecule has 1 aliphatic rings. The maximum atomic E-state index is 13.8. The first kappa shape index (κ1) is 13.5. The summed E-state index contributed by atoms with van der Waals surface area (Å²) >= 11 is 0. The van der Waals surface area contributed by atoms with Gasteiger partial charge in [-0.3, -0.25) is 10.1 Å². The van der Waals surface area contributed by atoms with E-state index in [1.54, 1.807) is 0 Å². The van der Waals surface area contributed by atoms with E-state index in [0.29, 0.717) is 12.5 Å². The zero-order valence-electron chi connectivity index (χ0n) is 11.4. The maximum absolute atomic E-state index is 13.8. The molecule has 21 heavy (non-hydrogen) atoms. The van der Waals surface area contributed by atoms with Gasteiger partial charge < -0.3 is 5.32 Å². The molecule has 1 N–H and O–H groups in total. The quantitative estimate of drug-likeness (QED) is 0.661. The Morgan fingerprint density at radius 1 is 1.24 bits per heavy atom. The summed E-state index contributed by atoms with van der Waals surface area (Å²) in [7, 11) is 0. The average molecular weight is 286 g/mol. The number of nitrogens with one attached hydrogen (secondary N) is 1. The van der Waals surface area contributed by atoms with E-state index in [4.69, 9.17) is 0 Å². The smallest absolute Gasteiger partial charge is 0.272 e. The highest BCUT2D eigenvalue weighted by Gasteiger charge is 2.23. The van der Waals surface area contributed by atoms with Gasteiger partial charge >= 0.3 is 0 Å². The van der Waals surface area contributed by atoms with E-state index < -0.39 is 10.7 Å². The topological polar surface area (TPSA) is 55.2 Å². The molecule has 0 bridgehead atoms. The molecule has 108 valence electrons. The largest absolute Gasteiger partial charge is 0.379 e. The minimum atomic E-state index is -0.609. The summed E-state index contributed by atoms with van der Waals surface area (Å²) in [5.41, 5.74) is 2.45. The van der Waals surface area contributed by atoms with Crippen LogP contribution in [0.4, 0.5) is 15.8 Å². The number of non-ortho nitro benzene ring substituents is 1. The third-order valence-electron chi connectivity index (χ3n) is 3.65. The first-order chi connectivity index (χ1) is 10.1. The Kier molecular flexibility index (Phi) is 3.56. The first-order valence-electron chi connectivity index (χ1n) is 6.90. The van der Waals surface area contributed by atoms with Crippen molar-refractivity contribution in [2.45, 2.75) is 25.3 Å². The molecule has 2 aromatic carbocycles. The molecule has 0 saturated heterocycles. The summed E-state index contributed by atoms with van der Waals surface area (Å²) in [6, 6.07) is 11.9. The summed E-state index contributed by atoms with van der Waals surface area (Å²) in [4.78, 5) is 9.96. The van der Waals surface area contributed by atoms with Crippen LogP contribution in [-0.4, -0.2) is 4.92 Å². The third kappa shape index (κ3) is 3.18. The van der Waals surface area contributed by atoms with Gasteiger partial charge in [0.1, 0.15) is 0 Å². The van der Waals surface area contributed by atoms with E-state index in [1.807, 2.05) is 12.1 Å². The zero-order chi connectivity index (χ0) is 14.8. The lowest BCUT2D eigenvalue weighted by Crippen LogP contribution is -2.02. The number of benzene rings is 2. The van der Waals surface area contributed by atoms with Crippen molar-refractivity contribution in [3.05, 3.63) is 69.5 Å². The van der Waals surface area contributed by atoms with Gasteiger partial charge in [0.25, 0.3) is 5.69 Å². The number of nitrogens with zero attached hydrogens (tertiary/aromatic N) is 1. The number of anilines is 1. The van der Waals surface area contributed by atoms with E-state index in [9.17, 15) is 14.5 Å². The zero-order valence-corrected chi connectivity index (χ0v) is 11.4. The maximum Gasteiger partial charge on any atom is 0.272 e. The molecule has 0 aromatic heterocycles. The fraction of sp³-hybridized carbons (Fsp3) is 0.250. The van der Waals surface area contributed by atoms with E-state index in [1.165, 1.54) is 30.5 Å². The Labute approximate surface area is 121 Å². The lowest BCUT2D eigenvalue weighted by atomic mass is 10.1. The van der Waals surface area contributed by atoms with Crippen molar-refractivity contribution in [2.75, 3.05) is 5.32 Å². The van der Waals surface area contributed by atoms with Gasteiger partial charge in [0.15, 0.2) is 5.82 Å². The van der Waals surface area contributed by atoms with Gasteiger partial charge in [-0.25, -0.2) is 4.39 Å². The van der Waals surface area contributed by atoms with Gasteiger partial charge in [0, 0.05) is 12.6 Å². The average Bonchev–Trinajstić information content (AvgIpc) is 3.31. The summed E-state index contributed by atoms with van der Waals surface area (Å²) in [5.74, 6) is 0.0728. The second-order valence-corrected chi connectivity index (χ2v) is 5.29. The second kappa shape index (κ2) is 5.52. The molecule has 4 nitrogen and oxygen atoms in total. The Morgan fingerprint density at radius 2 is 2.05 bits per heavy atom. The van der Waals surface area contributed by atoms with Crippen LogP contribution in [0.25, 0.3) is 0 Å². The molecule has 0 radical (unpaired) electrons. The van der Waals surface area contributed by atoms with Gasteiger partial charge in [0.2, 0.25) is 0 Å². The van der Waals surface area contributed by atoms with Crippen molar-refractivity contribution in [1.82, 2.24) is 0 Å². The molecule has 0 unspecified atom stereocenters. The number of rotatable bonds is 5. The summed E-state index contributed by atoms with van der Waals surface area (Å²) in [6.07, 6.45) is 2.49. The van der Waals surface area contributed by atoms with Gasteiger partial charge in [-0.15, -0.1) is 0 Å². The van der Waals surface area contributed by atoms with Gasteiger partial charge in [-0.1, -0.05) is 24.3 Å². The van der Waals surface area contributed by atoms with Crippen molar-refractivity contribution in [2.24, 2.45) is 0 Å². The Hall–Kier alpha value is -2.43. The molecule has 2 aromatic rings. The number of nitro groups is 1. The predicted molar refractivity (Wildman–Crippen MR) is 78.8 cm³/mol. The molecular weight excluding hydrogens is 271 g/mol. The Morgan fingerprint density at radius 3 is 2.71 bits per heavy atom. The number of hydrogen-bond donors (Lipinski definition) is 1. The standard InChI is InChI=1S/C16H15FN2O2/c17-15-9-14(19(20)21)6-7-16(15)18-10-11-2-1-3-13(8-11)12-4-5-12/h1-3,6-9,12,18H,4-5,10H2. The van der Waals surface area contributed by atoms with Crippen LogP contribution in [0.1, 0.15) is 29.9 Å². The van der Waals surface area contributed by atoms with Gasteiger partial charge in [-0.05, 0) is 36.0 Å². The summed E-state index contributed by atoms with van der Waals surface area (Å²) < 4.78 is 13.8. The van der Waals surface area contributed by atoms with Crippen molar-refractivity contribution < 1.29 is 9.31 Å². The SMILES string of the molecule is O=[N+]([O-])c1ccc(NCc2cccc(C3CC3)c2)c(F)c1. The van der Waals surface area contributed by atoms with Crippen LogP contribution in [0.3, 0.4) is 0 Å². The molecule has 5 heteroatoms. The predicted octanol–water partition coefficient (Wildman–Crippen LogP) is 4.22. The lowest BCUT2D eigenvalue weighted by Gasteiger charge is -2.09. The molecule has 1 fully saturated rings. The highest BCUT2D eigenvalue weighted by atomic mass is 19.1. The number of nitro benzene ring substituents is 1. The molecule has 3 rings (SSSR count). The van der Waals surface area contributed by atoms with Crippen LogP contribution in [0.2, 0.25) is 0 Å². The van der Waals surface area contributed by atoms with Crippen LogP contribution in [0, 0.1) is 15.9 Å². The van der Waals surface area contributed by atoms with Crippen LogP contribution in [0.15, 0.2) is 42.5 Å². The van der Waals surface area contributed by atoms with Crippen molar-refractivity contribution in [3.63, 3.8) is 0 Å². The summed E-state index contributed by atoms with van der Waals surface area (Å²) in [6.45, 7) is 0.495. The molecule has 0 amide bonds. The van der Waals surface area contributed by atoms with Gasteiger partial charge in [-0.2, -0.15) is 0 Å². The molecule has 0 heterocycles. The van der Waals surface area contributed by atoms with Crippen LogP contribution >= 0.6 is 0 Å². The van der Waals surface area contributed by atoms with E-state index in [-0.39, 0.29) is 11.4 Å². The van der Waals surface area contributed by atoms with Crippen molar-refractivity contribution in [1.29, 1.82) is 0 Å². The highest BCUT2D eigenvalue weighted by molar-refractivity contribution is 5.50. The molecule has 1 saturated carbocycles. The fourth-order valence-electron chi connectivity index (χ4n) is 2.33. The first-order valence-corrected chi connectivity index (χ1v) is 6.90. The van der Waals surface area contributed by atoms with Crippen LogP contribution in [-0.2, 0) is 6.54 Å². The van der Waals surface area contributed by atoms with Gasteiger partial charge in [0.05, 0.1) is 16.7 Å². The summed E-state index contributed by atoms with van der Waals surface area (Å²) in [5, 5.41) is 13.6. The lowest BCUT2D eigenvalue weighted by molar-refractivity contribution is -0.385. The fourth-order valence-corrected chi connectivity index (χ4v) is 2.33. The van der Waals surface area contributed by atoms with Crippen LogP contribution in [0.5, 0.6) is 0 Å². The van der Waals surface area contributed by atoms with Crippen molar-refractivity contribution >= 4 is 11.4 Å². The van der Waals surface area contributed by atoms with Crippen molar-refractivity contribution in [3.8, 4) is 0 Å². The third-order valence-corrected chi connectivity index (χ3v) is 3.65. The Balaban J connectivity index is 1.69. The van der Waals surface area contributed by atoms with Crippen LogP contribution < -0.4 is 5.32 Å². The highest BCUT2D eigenvalue weighted by Crippen LogP contribution is 2.40. The Bertz CT molecular complexity index is 684.